The molecule has 0 saturated carbocycles. The Labute approximate surface area is 93.6 Å². The van der Waals surface area contributed by atoms with E-state index in [4.69, 9.17) is 14.7 Å². The van der Waals surface area contributed by atoms with Crippen LogP contribution < -0.4 is 5.73 Å². The molecule has 16 heavy (non-hydrogen) atoms. The maximum atomic E-state index is 5.62. The monoisotopic (exact) mass is 221 g/mol. The van der Waals surface area contributed by atoms with Gasteiger partial charge in [-0.3, -0.25) is 0 Å². The molecule has 0 saturated heterocycles. The number of furan rings is 1. The van der Waals surface area contributed by atoms with Crippen LogP contribution in [0.4, 0.5) is 0 Å². The summed E-state index contributed by atoms with van der Waals surface area (Å²) in [6, 6.07) is 3.59. The third-order valence-corrected chi connectivity index (χ3v) is 2.58. The molecule has 0 amide bonds. The molecule has 5 nitrogen and oxygen atoms in total. The van der Waals surface area contributed by atoms with Crippen molar-refractivity contribution in [3.63, 3.8) is 0 Å². The summed E-state index contributed by atoms with van der Waals surface area (Å²) < 4.78 is 10.3. The Balaban J connectivity index is 2.08. The van der Waals surface area contributed by atoms with E-state index in [1.165, 1.54) is 0 Å². The van der Waals surface area contributed by atoms with Crippen LogP contribution in [-0.2, 0) is 6.42 Å². The van der Waals surface area contributed by atoms with Crippen molar-refractivity contribution in [1.82, 2.24) is 10.1 Å². The molecule has 0 bridgehead atoms. The first-order valence-electron chi connectivity index (χ1n) is 5.40. The number of aromatic nitrogens is 2. The highest BCUT2D eigenvalue weighted by Gasteiger charge is 2.14. The van der Waals surface area contributed by atoms with Crippen LogP contribution in [0.1, 0.15) is 19.2 Å². The van der Waals surface area contributed by atoms with Crippen LogP contribution in [0.3, 0.4) is 0 Å². The summed E-state index contributed by atoms with van der Waals surface area (Å²) in [7, 11) is 0. The third-order valence-electron chi connectivity index (χ3n) is 2.58. The van der Waals surface area contributed by atoms with Gasteiger partial charge < -0.3 is 14.7 Å². The lowest BCUT2D eigenvalue weighted by Crippen LogP contribution is -2.15. The number of nitrogens with two attached hydrogens (primary N) is 1. The van der Waals surface area contributed by atoms with Crippen LogP contribution in [0.15, 0.2) is 27.3 Å². The minimum atomic E-state index is 0.393. The summed E-state index contributed by atoms with van der Waals surface area (Å²) in [5, 5.41) is 3.86. The molecular weight excluding hydrogens is 206 g/mol. The van der Waals surface area contributed by atoms with Gasteiger partial charge in [-0.15, -0.1) is 0 Å². The summed E-state index contributed by atoms with van der Waals surface area (Å²) in [6.07, 6.45) is 3.32. The van der Waals surface area contributed by atoms with Crippen molar-refractivity contribution < 1.29 is 8.94 Å². The second-order valence-corrected chi connectivity index (χ2v) is 3.70. The predicted molar refractivity (Wildman–Crippen MR) is 58.5 cm³/mol. The molecule has 2 aromatic rings. The van der Waals surface area contributed by atoms with Crippen LogP contribution in [-0.4, -0.2) is 16.7 Å². The second-order valence-electron chi connectivity index (χ2n) is 3.70. The summed E-state index contributed by atoms with van der Waals surface area (Å²) in [4.78, 5) is 4.26. The molecular formula is C11H15N3O2. The van der Waals surface area contributed by atoms with E-state index >= 15 is 0 Å². The molecule has 1 atom stereocenters. The maximum absolute atomic E-state index is 5.62. The summed E-state index contributed by atoms with van der Waals surface area (Å²) in [5.41, 5.74) is 5.62. The summed E-state index contributed by atoms with van der Waals surface area (Å²) >= 11 is 0. The molecule has 0 aliphatic carbocycles. The molecule has 2 heterocycles. The van der Waals surface area contributed by atoms with Gasteiger partial charge in [-0.25, -0.2) is 0 Å². The highest BCUT2D eigenvalue weighted by molar-refractivity contribution is 5.44. The Morgan fingerprint density at radius 3 is 3.00 bits per heavy atom. The number of nitrogens with zero attached hydrogens (tertiary/aromatic N) is 2. The summed E-state index contributed by atoms with van der Waals surface area (Å²) in [6.45, 7) is 2.73. The standard InChI is InChI=1S/C11H15N3O2/c1-2-8(7-12)6-10-13-11(14-16-10)9-4-3-5-15-9/h3-5,8H,2,6-7,12H2,1H3. The first-order chi connectivity index (χ1) is 7.83. The van der Waals surface area contributed by atoms with E-state index in [9.17, 15) is 0 Å². The van der Waals surface area contributed by atoms with Crippen molar-refractivity contribution >= 4 is 0 Å². The van der Waals surface area contributed by atoms with Crippen LogP contribution in [0, 0.1) is 5.92 Å². The normalized spacial score (nSPS) is 12.9. The van der Waals surface area contributed by atoms with Crippen molar-refractivity contribution in [3.05, 3.63) is 24.3 Å². The van der Waals surface area contributed by atoms with E-state index < -0.39 is 0 Å². The van der Waals surface area contributed by atoms with Crippen molar-refractivity contribution in [2.75, 3.05) is 6.54 Å². The SMILES string of the molecule is CCC(CN)Cc1nc(-c2ccco2)no1. The average Bonchev–Trinajstić information content (AvgIpc) is 2.96. The second kappa shape index (κ2) is 4.94. The van der Waals surface area contributed by atoms with Gasteiger partial charge in [0.15, 0.2) is 5.76 Å². The van der Waals surface area contributed by atoms with Crippen LogP contribution in [0.5, 0.6) is 0 Å². The van der Waals surface area contributed by atoms with E-state index in [1.54, 1.807) is 18.4 Å². The van der Waals surface area contributed by atoms with Crippen molar-refractivity contribution in [2.45, 2.75) is 19.8 Å². The third kappa shape index (κ3) is 2.30. The number of hydrogen-bond donors (Lipinski definition) is 1. The highest BCUT2D eigenvalue weighted by Crippen LogP contribution is 2.17. The Hall–Kier alpha value is -1.62. The van der Waals surface area contributed by atoms with Crippen LogP contribution in [0.25, 0.3) is 11.6 Å². The largest absolute Gasteiger partial charge is 0.461 e. The fourth-order valence-electron chi connectivity index (χ4n) is 1.48. The Bertz CT molecular complexity index is 418. The van der Waals surface area contributed by atoms with Crippen molar-refractivity contribution in [2.24, 2.45) is 11.7 Å². The molecule has 0 spiro atoms. The molecule has 2 rings (SSSR count). The molecule has 2 aromatic heterocycles. The van der Waals surface area contributed by atoms with Gasteiger partial charge in [0.05, 0.1) is 6.26 Å². The first-order valence-corrected chi connectivity index (χ1v) is 5.40. The minimum Gasteiger partial charge on any atom is -0.461 e. The molecule has 0 radical (unpaired) electrons. The van der Waals surface area contributed by atoms with Gasteiger partial charge in [-0.05, 0) is 24.6 Å². The van der Waals surface area contributed by atoms with E-state index in [2.05, 4.69) is 17.1 Å². The predicted octanol–water partition coefficient (Wildman–Crippen LogP) is 1.86. The highest BCUT2D eigenvalue weighted by atomic mass is 16.5. The molecule has 5 heteroatoms. The molecule has 0 aliphatic rings. The Kier molecular flexibility index (Phi) is 3.36. The number of hydrogen-bond acceptors (Lipinski definition) is 5. The average molecular weight is 221 g/mol. The zero-order valence-electron chi connectivity index (χ0n) is 9.22. The van der Waals surface area contributed by atoms with E-state index in [0.717, 1.165) is 12.8 Å². The van der Waals surface area contributed by atoms with Gasteiger partial charge in [0.2, 0.25) is 11.7 Å². The smallest absolute Gasteiger partial charge is 0.238 e. The quantitative estimate of drug-likeness (QED) is 0.833. The Morgan fingerprint density at radius 2 is 2.38 bits per heavy atom. The van der Waals surface area contributed by atoms with Crippen molar-refractivity contribution in [1.29, 1.82) is 0 Å². The minimum absolute atomic E-state index is 0.393. The van der Waals surface area contributed by atoms with Crippen LogP contribution >= 0.6 is 0 Å². The van der Waals surface area contributed by atoms with Crippen molar-refractivity contribution in [3.8, 4) is 11.6 Å². The van der Waals surface area contributed by atoms with Gasteiger partial charge >= 0.3 is 0 Å². The number of rotatable bonds is 5. The van der Waals surface area contributed by atoms with Gasteiger partial charge in [-0.2, -0.15) is 4.98 Å². The topological polar surface area (TPSA) is 78.1 Å². The van der Waals surface area contributed by atoms with Gasteiger partial charge in [0.1, 0.15) is 0 Å². The van der Waals surface area contributed by atoms with Gasteiger partial charge in [0, 0.05) is 6.42 Å². The fourth-order valence-corrected chi connectivity index (χ4v) is 1.48. The molecule has 86 valence electrons. The van der Waals surface area contributed by atoms with Gasteiger partial charge in [-0.1, -0.05) is 18.5 Å². The van der Waals surface area contributed by atoms with E-state index in [0.29, 0.717) is 29.9 Å². The van der Waals surface area contributed by atoms with E-state index in [1.807, 2.05) is 0 Å². The zero-order chi connectivity index (χ0) is 11.4. The lowest BCUT2D eigenvalue weighted by Gasteiger charge is -2.07. The Morgan fingerprint density at radius 1 is 1.50 bits per heavy atom. The molecule has 2 N–H and O–H groups in total. The van der Waals surface area contributed by atoms with Gasteiger partial charge in [0.25, 0.3) is 0 Å². The lowest BCUT2D eigenvalue weighted by molar-refractivity contribution is 0.350. The molecule has 0 aliphatic heterocycles. The summed E-state index contributed by atoms with van der Waals surface area (Å²) in [5.74, 6) is 2.12. The lowest BCUT2D eigenvalue weighted by atomic mass is 10.0. The zero-order valence-corrected chi connectivity index (χ0v) is 9.22. The fraction of sp³-hybridized carbons (Fsp3) is 0.455. The first kappa shape index (κ1) is 10.9. The molecule has 0 fully saturated rings. The maximum Gasteiger partial charge on any atom is 0.238 e. The van der Waals surface area contributed by atoms with Crippen LogP contribution in [0.2, 0.25) is 0 Å². The molecule has 0 aromatic carbocycles. The van der Waals surface area contributed by atoms with E-state index in [-0.39, 0.29) is 0 Å². The molecule has 1 unspecified atom stereocenters.